The molecule has 0 bridgehead atoms. The number of halogens is 2. The highest BCUT2D eigenvalue weighted by molar-refractivity contribution is 7.20. The van der Waals surface area contributed by atoms with Gasteiger partial charge in [0.1, 0.15) is 10.6 Å². The van der Waals surface area contributed by atoms with Crippen molar-refractivity contribution in [2.45, 2.75) is 6.42 Å². The molecule has 29 heavy (non-hydrogen) atoms. The average Bonchev–Trinajstić information content (AvgIpc) is 3.26. The molecule has 0 saturated carbocycles. The Bertz CT molecular complexity index is 1220. The molecular formula is C20H14ClFN4O2S. The van der Waals surface area contributed by atoms with Gasteiger partial charge in [-0.1, -0.05) is 35.9 Å². The number of thiophene rings is 1. The Labute approximate surface area is 173 Å². The van der Waals surface area contributed by atoms with E-state index in [1.807, 2.05) is 0 Å². The summed E-state index contributed by atoms with van der Waals surface area (Å²) in [5.74, 6) is -0.852. The fourth-order valence-electron chi connectivity index (χ4n) is 2.77. The van der Waals surface area contributed by atoms with Crippen LogP contribution in [0.2, 0.25) is 5.02 Å². The number of hydrogen-bond donors (Lipinski definition) is 3. The molecule has 2 amide bonds. The van der Waals surface area contributed by atoms with E-state index in [0.29, 0.717) is 37.2 Å². The van der Waals surface area contributed by atoms with Gasteiger partial charge in [0.15, 0.2) is 5.82 Å². The van der Waals surface area contributed by atoms with Crippen molar-refractivity contribution in [1.82, 2.24) is 10.2 Å². The van der Waals surface area contributed by atoms with Crippen LogP contribution < -0.4 is 10.6 Å². The van der Waals surface area contributed by atoms with Gasteiger partial charge in [0, 0.05) is 10.7 Å². The third-order valence-electron chi connectivity index (χ3n) is 4.13. The minimum absolute atomic E-state index is 0.118. The molecule has 2 aromatic heterocycles. The first kappa shape index (κ1) is 19.1. The Hall–Kier alpha value is -3.23. The molecule has 9 heteroatoms. The van der Waals surface area contributed by atoms with Gasteiger partial charge in [-0.15, -0.1) is 11.3 Å². The van der Waals surface area contributed by atoms with Crippen molar-refractivity contribution < 1.29 is 14.0 Å². The molecule has 3 N–H and O–H groups in total. The second-order valence-electron chi connectivity index (χ2n) is 6.21. The van der Waals surface area contributed by atoms with Crippen molar-refractivity contribution >= 4 is 56.5 Å². The van der Waals surface area contributed by atoms with Gasteiger partial charge in [-0.2, -0.15) is 5.10 Å². The van der Waals surface area contributed by atoms with Gasteiger partial charge in [-0.3, -0.25) is 14.7 Å². The Morgan fingerprint density at radius 3 is 2.72 bits per heavy atom. The quantitative estimate of drug-likeness (QED) is 0.424. The van der Waals surface area contributed by atoms with Crippen molar-refractivity contribution in [3.05, 3.63) is 75.9 Å². The normalized spacial score (nSPS) is 10.8. The second-order valence-corrected chi connectivity index (χ2v) is 7.70. The first-order valence-electron chi connectivity index (χ1n) is 8.57. The SMILES string of the molecule is O=C(Cc1ccccc1F)Nc1n[nH]c2sc(C(=O)Nc3cccc(Cl)c3)cc12. The monoisotopic (exact) mass is 428 g/mol. The zero-order chi connectivity index (χ0) is 20.4. The highest BCUT2D eigenvalue weighted by Gasteiger charge is 2.17. The van der Waals surface area contributed by atoms with Crippen LogP contribution in [0.5, 0.6) is 0 Å². The van der Waals surface area contributed by atoms with Crippen molar-refractivity contribution in [1.29, 1.82) is 0 Å². The molecule has 2 aromatic carbocycles. The number of aromatic nitrogens is 2. The van der Waals surface area contributed by atoms with Crippen LogP contribution in [0, 0.1) is 5.82 Å². The third-order valence-corrected chi connectivity index (χ3v) is 5.40. The van der Waals surface area contributed by atoms with Gasteiger partial charge in [-0.05, 0) is 35.9 Å². The minimum Gasteiger partial charge on any atom is -0.321 e. The fraction of sp³-hybridized carbons (Fsp3) is 0.0500. The van der Waals surface area contributed by atoms with Crippen LogP contribution in [0.4, 0.5) is 15.9 Å². The summed E-state index contributed by atoms with van der Waals surface area (Å²) in [4.78, 5) is 25.9. The van der Waals surface area contributed by atoms with Crippen LogP contribution in [-0.2, 0) is 11.2 Å². The number of anilines is 2. The van der Waals surface area contributed by atoms with Crippen LogP contribution in [-0.4, -0.2) is 22.0 Å². The summed E-state index contributed by atoms with van der Waals surface area (Å²) in [6.07, 6.45) is -0.118. The van der Waals surface area contributed by atoms with E-state index >= 15 is 0 Å². The standard InChI is InChI=1S/C20H14ClFN4O2S/c21-12-5-3-6-13(9-12)23-19(28)16-10-14-18(25-26-20(14)29-16)24-17(27)8-11-4-1-2-7-15(11)22/h1-7,9-10H,8H2,(H,23,28)(H2,24,25,26,27). The number of aromatic amines is 1. The van der Waals surface area contributed by atoms with E-state index < -0.39 is 11.7 Å². The van der Waals surface area contributed by atoms with Gasteiger partial charge in [0.25, 0.3) is 5.91 Å². The zero-order valence-corrected chi connectivity index (χ0v) is 16.4. The van der Waals surface area contributed by atoms with Gasteiger partial charge < -0.3 is 10.6 Å². The zero-order valence-electron chi connectivity index (χ0n) is 14.8. The van der Waals surface area contributed by atoms with Crippen LogP contribution in [0.1, 0.15) is 15.2 Å². The predicted molar refractivity (Wildman–Crippen MR) is 112 cm³/mol. The van der Waals surface area contributed by atoms with Crippen LogP contribution in [0.25, 0.3) is 10.2 Å². The lowest BCUT2D eigenvalue weighted by Crippen LogP contribution is -2.15. The Morgan fingerprint density at radius 2 is 1.93 bits per heavy atom. The predicted octanol–water partition coefficient (Wildman–Crippen LogP) is 4.85. The Kier molecular flexibility index (Phi) is 5.28. The summed E-state index contributed by atoms with van der Waals surface area (Å²) in [5, 5.41) is 13.4. The number of hydrogen-bond acceptors (Lipinski definition) is 4. The van der Waals surface area contributed by atoms with Gasteiger partial charge in [0.2, 0.25) is 5.91 Å². The number of fused-ring (bicyclic) bond motifs is 1. The third kappa shape index (κ3) is 4.28. The number of rotatable bonds is 5. The number of H-pyrrole nitrogens is 1. The van der Waals surface area contributed by atoms with E-state index in [1.165, 1.54) is 17.4 Å². The molecule has 0 aliphatic carbocycles. The maximum Gasteiger partial charge on any atom is 0.265 e. The van der Waals surface area contributed by atoms with Crippen molar-refractivity contribution in [2.24, 2.45) is 0 Å². The molecule has 0 saturated heterocycles. The summed E-state index contributed by atoms with van der Waals surface area (Å²) < 4.78 is 13.7. The molecule has 0 aliphatic heterocycles. The lowest BCUT2D eigenvalue weighted by molar-refractivity contribution is -0.115. The van der Waals surface area contributed by atoms with E-state index in [9.17, 15) is 14.0 Å². The number of carbonyl (C=O) groups excluding carboxylic acids is 2. The van der Waals surface area contributed by atoms with E-state index in [1.54, 1.807) is 48.5 Å². The number of benzene rings is 2. The maximum atomic E-state index is 13.7. The minimum atomic E-state index is -0.440. The summed E-state index contributed by atoms with van der Waals surface area (Å²) in [6, 6.07) is 14.6. The topological polar surface area (TPSA) is 86.9 Å². The maximum absolute atomic E-state index is 13.7. The molecule has 0 spiro atoms. The summed E-state index contributed by atoms with van der Waals surface area (Å²) in [7, 11) is 0. The smallest absolute Gasteiger partial charge is 0.265 e. The van der Waals surface area contributed by atoms with E-state index in [-0.39, 0.29) is 12.3 Å². The van der Waals surface area contributed by atoms with Crippen molar-refractivity contribution in [2.75, 3.05) is 10.6 Å². The van der Waals surface area contributed by atoms with Crippen LogP contribution in [0.3, 0.4) is 0 Å². The summed E-state index contributed by atoms with van der Waals surface area (Å²) in [5.41, 5.74) is 0.875. The van der Waals surface area contributed by atoms with Gasteiger partial charge >= 0.3 is 0 Å². The lowest BCUT2D eigenvalue weighted by Gasteiger charge is -2.04. The molecule has 0 unspecified atom stereocenters. The largest absolute Gasteiger partial charge is 0.321 e. The highest BCUT2D eigenvalue weighted by Crippen LogP contribution is 2.30. The molecule has 0 atom stereocenters. The highest BCUT2D eigenvalue weighted by atomic mass is 35.5. The second kappa shape index (κ2) is 8.02. The lowest BCUT2D eigenvalue weighted by atomic mass is 10.1. The molecule has 0 fully saturated rings. The van der Waals surface area contributed by atoms with Crippen LogP contribution in [0.15, 0.2) is 54.6 Å². The molecule has 4 aromatic rings. The van der Waals surface area contributed by atoms with Crippen molar-refractivity contribution in [3.8, 4) is 0 Å². The molecule has 6 nitrogen and oxygen atoms in total. The molecule has 4 rings (SSSR count). The molecule has 146 valence electrons. The molecule has 0 aliphatic rings. The van der Waals surface area contributed by atoms with E-state index in [4.69, 9.17) is 11.6 Å². The first-order chi connectivity index (χ1) is 14.0. The molecule has 0 radical (unpaired) electrons. The van der Waals surface area contributed by atoms with E-state index in [2.05, 4.69) is 20.8 Å². The Morgan fingerprint density at radius 1 is 1.10 bits per heavy atom. The molecular weight excluding hydrogens is 415 g/mol. The summed E-state index contributed by atoms with van der Waals surface area (Å²) in [6.45, 7) is 0. The number of carbonyl (C=O) groups is 2. The van der Waals surface area contributed by atoms with Crippen molar-refractivity contribution in [3.63, 3.8) is 0 Å². The number of amides is 2. The first-order valence-corrected chi connectivity index (χ1v) is 9.77. The summed E-state index contributed by atoms with van der Waals surface area (Å²) >= 11 is 7.14. The number of nitrogens with zero attached hydrogens (tertiary/aromatic N) is 1. The Balaban J connectivity index is 1.49. The average molecular weight is 429 g/mol. The number of nitrogens with one attached hydrogen (secondary N) is 3. The fourth-order valence-corrected chi connectivity index (χ4v) is 3.86. The van der Waals surface area contributed by atoms with Gasteiger partial charge in [0.05, 0.1) is 16.7 Å². The molecule has 2 heterocycles. The van der Waals surface area contributed by atoms with E-state index in [0.717, 1.165) is 0 Å². The van der Waals surface area contributed by atoms with Gasteiger partial charge in [-0.25, -0.2) is 4.39 Å². The van der Waals surface area contributed by atoms with Crippen LogP contribution >= 0.6 is 22.9 Å².